The number of unbranched alkanes of at least 4 members (excludes halogenated alkanes) is 2. The molecule has 0 saturated heterocycles. The quantitative estimate of drug-likeness (QED) is 0.404. The van der Waals surface area contributed by atoms with Crippen LogP contribution in [0.4, 0.5) is 0 Å². The van der Waals surface area contributed by atoms with Gasteiger partial charge in [0.1, 0.15) is 0 Å². The van der Waals surface area contributed by atoms with E-state index in [1.54, 1.807) is 0 Å². The first kappa shape index (κ1) is 14.4. The molecule has 0 fully saturated rings. The molecule has 0 bridgehead atoms. The van der Waals surface area contributed by atoms with Crippen LogP contribution in [0.15, 0.2) is 0 Å². The molecule has 0 aromatic heterocycles. The van der Waals surface area contributed by atoms with Gasteiger partial charge in [0, 0.05) is 0 Å². The van der Waals surface area contributed by atoms with Crippen molar-refractivity contribution in [2.24, 2.45) is 22.9 Å². The van der Waals surface area contributed by atoms with Crippen LogP contribution in [0.5, 0.6) is 0 Å². The standard InChI is InChI=1S/2C4H12N2/c2*5-3-1-2-4-6/h2*1-6H2. The second kappa shape index (κ2) is 17.1. The van der Waals surface area contributed by atoms with E-state index in [1.165, 1.54) is 0 Å². The Morgan fingerprint density at radius 2 is 0.583 bits per heavy atom. The summed E-state index contributed by atoms with van der Waals surface area (Å²) in [7, 11) is 0. The second-order valence-electron chi connectivity index (χ2n) is 2.57. The van der Waals surface area contributed by atoms with E-state index >= 15 is 0 Å². The summed E-state index contributed by atoms with van der Waals surface area (Å²) in [6.45, 7) is 3.10. The first-order chi connectivity index (χ1) is 5.83. The minimum atomic E-state index is 0.775. The summed E-state index contributed by atoms with van der Waals surface area (Å²) >= 11 is 0. The molecule has 0 atom stereocenters. The predicted octanol–water partition coefficient (Wildman–Crippen LogP) is -0.632. The van der Waals surface area contributed by atoms with Gasteiger partial charge in [-0.2, -0.15) is 0 Å². The molecule has 0 aromatic carbocycles. The maximum absolute atomic E-state index is 5.16. The molecule has 0 spiro atoms. The van der Waals surface area contributed by atoms with E-state index in [9.17, 15) is 0 Å². The van der Waals surface area contributed by atoms with Crippen molar-refractivity contribution in [1.82, 2.24) is 0 Å². The number of hydrogen-bond donors (Lipinski definition) is 4. The van der Waals surface area contributed by atoms with Gasteiger partial charge in [-0.1, -0.05) is 0 Å². The third-order valence-corrected chi connectivity index (χ3v) is 1.32. The summed E-state index contributed by atoms with van der Waals surface area (Å²) in [5, 5.41) is 0. The number of nitrogens with two attached hydrogens (primary N) is 4. The second-order valence-corrected chi connectivity index (χ2v) is 2.57. The van der Waals surface area contributed by atoms with Crippen LogP contribution in [-0.4, -0.2) is 26.2 Å². The van der Waals surface area contributed by atoms with E-state index in [-0.39, 0.29) is 0 Å². The molecule has 0 saturated carbocycles. The Labute approximate surface area is 75.7 Å². The van der Waals surface area contributed by atoms with Crippen LogP contribution in [0.1, 0.15) is 25.7 Å². The van der Waals surface area contributed by atoms with Crippen LogP contribution >= 0.6 is 0 Å². The molecule has 0 unspecified atom stereocenters. The zero-order valence-electron chi connectivity index (χ0n) is 7.97. The van der Waals surface area contributed by atoms with Gasteiger partial charge < -0.3 is 22.9 Å². The molecule has 12 heavy (non-hydrogen) atoms. The predicted molar refractivity (Wildman–Crippen MR) is 54.7 cm³/mol. The fourth-order valence-electron chi connectivity index (χ4n) is 0.577. The molecule has 0 radical (unpaired) electrons. The molecule has 0 aliphatic heterocycles. The first-order valence-electron chi connectivity index (χ1n) is 4.63. The average molecular weight is 176 g/mol. The summed E-state index contributed by atoms with van der Waals surface area (Å²) in [5.41, 5.74) is 20.6. The summed E-state index contributed by atoms with van der Waals surface area (Å²) in [6, 6.07) is 0. The van der Waals surface area contributed by atoms with Crippen molar-refractivity contribution in [2.45, 2.75) is 25.7 Å². The van der Waals surface area contributed by atoms with Crippen molar-refractivity contribution >= 4 is 0 Å². The van der Waals surface area contributed by atoms with Crippen molar-refractivity contribution in [1.29, 1.82) is 0 Å². The highest BCUT2D eigenvalue weighted by atomic mass is 14.5. The van der Waals surface area contributed by atoms with Crippen LogP contribution in [-0.2, 0) is 0 Å². The highest BCUT2D eigenvalue weighted by Crippen LogP contribution is 1.77. The fraction of sp³-hybridized carbons (Fsp3) is 1.00. The number of hydrogen-bond acceptors (Lipinski definition) is 4. The third-order valence-electron chi connectivity index (χ3n) is 1.32. The van der Waals surface area contributed by atoms with Crippen molar-refractivity contribution in [3.63, 3.8) is 0 Å². The van der Waals surface area contributed by atoms with Gasteiger partial charge in [-0.3, -0.25) is 0 Å². The average Bonchev–Trinajstić information content (AvgIpc) is 2.12. The molecule has 4 heteroatoms. The van der Waals surface area contributed by atoms with Gasteiger partial charge in [0.25, 0.3) is 0 Å². The van der Waals surface area contributed by atoms with Gasteiger partial charge in [0.2, 0.25) is 0 Å². The summed E-state index contributed by atoms with van der Waals surface area (Å²) in [6.07, 6.45) is 4.26. The summed E-state index contributed by atoms with van der Waals surface area (Å²) < 4.78 is 0. The van der Waals surface area contributed by atoms with E-state index in [1.807, 2.05) is 0 Å². The molecule has 8 N–H and O–H groups in total. The Morgan fingerprint density at radius 1 is 0.417 bits per heavy atom. The molecular formula is C8H24N4. The highest BCUT2D eigenvalue weighted by Gasteiger charge is 1.75. The molecule has 0 amide bonds. The Bertz CT molecular complexity index is 43.0. The zero-order chi connectivity index (χ0) is 9.66. The van der Waals surface area contributed by atoms with Crippen molar-refractivity contribution in [3.05, 3.63) is 0 Å². The largest absolute Gasteiger partial charge is 0.330 e. The molecule has 0 heterocycles. The molecule has 0 rings (SSSR count). The van der Waals surface area contributed by atoms with Gasteiger partial charge in [-0.05, 0) is 51.9 Å². The van der Waals surface area contributed by atoms with E-state index in [0.717, 1.165) is 51.9 Å². The van der Waals surface area contributed by atoms with Crippen LogP contribution in [0, 0.1) is 0 Å². The molecule has 4 nitrogen and oxygen atoms in total. The lowest BCUT2D eigenvalue weighted by Gasteiger charge is -1.87. The maximum atomic E-state index is 5.16. The van der Waals surface area contributed by atoms with E-state index in [0.29, 0.717) is 0 Å². The lowest BCUT2D eigenvalue weighted by atomic mass is 10.3. The number of rotatable bonds is 6. The Hall–Kier alpha value is -0.160. The first-order valence-corrected chi connectivity index (χ1v) is 4.63. The fourth-order valence-corrected chi connectivity index (χ4v) is 0.577. The lowest BCUT2D eigenvalue weighted by Crippen LogP contribution is -2.03. The monoisotopic (exact) mass is 176 g/mol. The van der Waals surface area contributed by atoms with E-state index in [4.69, 9.17) is 22.9 Å². The van der Waals surface area contributed by atoms with E-state index in [2.05, 4.69) is 0 Å². The summed E-state index contributed by atoms with van der Waals surface area (Å²) in [4.78, 5) is 0. The Balaban J connectivity index is 0. The SMILES string of the molecule is NCCCCN.NCCCCN. The van der Waals surface area contributed by atoms with Crippen molar-refractivity contribution in [2.75, 3.05) is 26.2 Å². The van der Waals surface area contributed by atoms with Crippen LogP contribution in [0.25, 0.3) is 0 Å². The Kier molecular flexibility index (Phi) is 20.4. The van der Waals surface area contributed by atoms with Crippen LogP contribution in [0.3, 0.4) is 0 Å². The van der Waals surface area contributed by atoms with Gasteiger partial charge in [-0.25, -0.2) is 0 Å². The van der Waals surface area contributed by atoms with Gasteiger partial charge in [-0.15, -0.1) is 0 Å². The third kappa shape index (κ3) is 22.5. The van der Waals surface area contributed by atoms with Gasteiger partial charge >= 0.3 is 0 Å². The lowest BCUT2D eigenvalue weighted by molar-refractivity contribution is 0.755. The molecule has 0 aliphatic rings. The maximum Gasteiger partial charge on any atom is -0.00768 e. The summed E-state index contributed by atoms with van der Waals surface area (Å²) in [5.74, 6) is 0. The molecule has 0 aliphatic carbocycles. The molecule has 0 aromatic rings. The van der Waals surface area contributed by atoms with Crippen LogP contribution < -0.4 is 22.9 Å². The van der Waals surface area contributed by atoms with Gasteiger partial charge in [0.05, 0.1) is 0 Å². The highest BCUT2D eigenvalue weighted by molar-refractivity contribution is 4.38. The zero-order valence-corrected chi connectivity index (χ0v) is 7.97. The normalized spacial score (nSPS) is 9.00. The topological polar surface area (TPSA) is 104 Å². The minimum absolute atomic E-state index is 0.775. The van der Waals surface area contributed by atoms with Crippen molar-refractivity contribution in [3.8, 4) is 0 Å². The van der Waals surface area contributed by atoms with Crippen molar-refractivity contribution < 1.29 is 0 Å². The molecular weight excluding hydrogens is 152 g/mol. The molecule has 76 valence electrons. The van der Waals surface area contributed by atoms with Gasteiger partial charge in [0.15, 0.2) is 0 Å². The van der Waals surface area contributed by atoms with E-state index < -0.39 is 0 Å². The Morgan fingerprint density at radius 3 is 0.667 bits per heavy atom. The smallest absolute Gasteiger partial charge is 0.00768 e. The minimum Gasteiger partial charge on any atom is -0.330 e. The van der Waals surface area contributed by atoms with Crippen LogP contribution in [0.2, 0.25) is 0 Å².